The van der Waals surface area contributed by atoms with Crippen LogP contribution >= 0.6 is 0 Å². The van der Waals surface area contributed by atoms with E-state index in [1.165, 1.54) is 17.3 Å². The second-order valence-corrected chi connectivity index (χ2v) is 7.83. The minimum atomic E-state index is -3.27. The fourth-order valence-corrected chi connectivity index (χ4v) is 4.58. The molecule has 1 atom stereocenters. The maximum Gasteiger partial charge on any atom is 0.244 e. The van der Waals surface area contributed by atoms with E-state index in [2.05, 4.69) is 10.1 Å². The van der Waals surface area contributed by atoms with Crippen LogP contribution in [0.5, 0.6) is 0 Å². The normalized spacial score (nSPS) is 20.9. The molecule has 0 bridgehead atoms. The van der Waals surface area contributed by atoms with Crippen LogP contribution in [0.15, 0.2) is 43.0 Å². The average molecular weight is 334 g/mol. The molecule has 2 heterocycles. The molecule has 8 heteroatoms. The molecule has 1 aromatic heterocycles. The predicted octanol–water partition coefficient (Wildman–Crippen LogP) is 0.667. The van der Waals surface area contributed by atoms with Crippen molar-refractivity contribution in [2.45, 2.75) is 18.2 Å². The lowest BCUT2D eigenvalue weighted by molar-refractivity contribution is -0.131. The lowest BCUT2D eigenvalue weighted by atomic mass is 10.1. The number of hydrogen-bond donors (Lipinski definition) is 0. The fourth-order valence-electron chi connectivity index (χ4n) is 2.79. The minimum absolute atomic E-state index is 0.0182. The van der Waals surface area contributed by atoms with Crippen LogP contribution in [0.25, 0.3) is 0 Å². The molecular weight excluding hydrogens is 316 g/mol. The number of nitrogens with zero attached hydrogens (tertiary/aromatic N) is 4. The number of sulfone groups is 1. The van der Waals surface area contributed by atoms with Crippen molar-refractivity contribution in [1.29, 1.82) is 0 Å². The highest BCUT2D eigenvalue weighted by atomic mass is 32.2. The summed E-state index contributed by atoms with van der Waals surface area (Å²) < 4.78 is 26.5. The van der Waals surface area contributed by atoms with Crippen LogP contribution < -0.4 is 0 Å². The molecule has 1 amide bonds. The molecule has 23 heavy (non-hydrogen) atoms. The van der Waals surface area contributed by atoms with Gasteiger partial charge in [-0.25, -0.2) is 18.1 Å². The number of hydrogen-bond acceptors (Lipinski definition) is 5. The van der Waals surface area contributed by atoms with E-state index < -0.39 is 15.1 Å². The van der Waals surface area contributed by atoms with Crippen molar-refractivity contribution in [1.82, 2.24) is 19.7 Å². The first kappa shape index (κ1) is 15.7. The highest BCUT2D eigenvalue weighted by Crippen LogP contribution is 2.29. The predicted molar refractivity (Wildman–Crippen MR) is 84.2 cm³/mol. The van der Waals surface area contributed by atoms with Crippen LogP contribution in [-0.2, 0) is 21.2 Å². The Labute approximate surface area is 134 Å². The van der Waals surface area contributed by atoms with Crippen LogP contribution in [0.1, 0.15) is 17.2 Å². The highest BCUT2D eigenvalue weighted by molar-refractivity contribution is 7.91. The van der Waals surface area contributed by atoms with E-state index in [9.17, 15) is 13.2 Å². The van der Waals surface area contributed by atoms with Crippen LogP contribution in [0.3, 0.4) is 0 Å². The third kappa shape index (κ3) is 3.58. The number of benzene rings is 1. The van der Waals surface area contributed by atoms with Gasteiger partial charge < -0.3 is 4.90 Å². The Balaban J connectivity index is 1.73. The van der Waals surface area contributed by atoms with E-state index in [-0.39, 0.29) is 24.7 Å². The third-order valence-corrected chi connectivity index (χ3v) is 6.15. The summed E-state index contributed by atoms with van der Waals surface area (Å²) in [5.74, 6) is -0.158. The molecule has 1 saturated heterocycles. The molecule has 0 radical (unpaired) electrons. The number of rotatable bonds is 3. The van der Waals surface area contributed by atoms with Crippen molar-refractivity contribution >= 4 is 15.7 Å². The molecule has 0 N–H and O–H groups in total. The number of carbonyl (C=O) groups is 1. The molecule has 1 aromatic carbocycles. The number of aromatic nitrogens is 3. The lowest BCUT2D eigenvalue weighted by Gasteiger charge is -2.19. The summed E-state index contributed by atoms with van der Waals surface area (Å²) >= 11 is 0. The topological polar surface area (TPSA) is 85.2 Å². The molecule has 1 aliphatic rings. The highest BCUT2D eigenvalue weighted by Gasteiger charge is 2.32. The van der Waals surface area contributed by atoms with Crippen molar-refractivity contribution in [2.75, 3.05) is 18.8 Å². The van der Waals surface area contributed by atoms with Crippen LogP contribution in [-0.4, -0.2) is 52.8 Å². The van der Waals surface area contributed by atoms with Gasteiger partial charge in [0.15, 0.2) is 9.84 Å². The monoisotopic (exact) mass is 334 g/mol. The molecular formula is C15H18N4O3S. The van der Waals surface area contributed by atoms with Gasteiger partial charge in [-0.15, -0.1) is 0 Å². The van der Waals surface area contributed by atoms with E-state index in [1.54, 1.807) is 4.90 Å². The van der Waals surface area contributed by atoms with Gasteiger partial charge in [0.25, 0.3) is 0 Å². The fraction of sp³-hybridized carbons (Fsp3) is 0.400. The summed E-state index contributed by atoms with van der Waals surface area (Å²) in [5, 5.41) is 3.36. The zero-order valence-electron chi connectivity index (χ0n) is 12.6. The maximum atomic E-state index is 12.5. The van der Waals surface area contributed by atoms with E-state index in [0.29, 0.717) is 13.0 Å². The first-order chi connectivity index (χ1) is 11.1. The van der Waals surface area contributed by atoms with E-state index in [1.807, 2.05) is 30.3 Å². The van der Waals surface area contributed by atoms with Gasteiger partial charge in [0, 0.05) is 13.1 Å². The molecule has 1 fully saturated rings. The zero-order chi connectivity index (χ0) is 16.3. The van der Waals surface area contributed by atoms with Crippen LogP contribution in [0.2, 0.25) is 0 Å². The van der Waals surface area contributed by atoms with Crippen molar-refractivity contribution in [3.63, 3.8) is 0 Å². The largest absolute Gasteiger partial charge is 0.340 e. The van der Waals surface area contributed by atoms with Gasteiger partial charge in [-0.3, -0.25) is 4.79 Å². The summed E-state index contributed by atoms with van der Waals surface area (Å²) in [6, 6.07) is 9.19. The Morgan fingerprint density at radius 1 is 1.22 bits per heavy atom. The van der Waals surface area contributed by atoms with Gasteiger partial charge >= 0.3 is 0 Å². The lowest BCUT2D eigenvalue weighted by Crippen LogP contribution is -2.36. The van der Waals surface area contributed by atoms with Gasteiger partial charge in [-0.05, 0) is 12.0 Å². The number of carbonyl (C=O) groups excluding carboxylic acids is 1. The quantitative estimate of drug-likeness (QED) is 0.823. The first-order valence-corrected chi connectivity index (χ1v) is 9.14. The summed E-state index contributed by atoms with van der Waals surface area (Å²) in [6.45, 7) is 0.724. The summed E-state index contributed by atoms with van der Waals surface area (Å²) in [6.07, 6.45) is 3.25. The molecule has 7 nitrogen and oxygen atoms in total. The van der Waals surface area contributed by atoms with Gasteiger partial charge in [0.2, 0.25) is 5.91 Å². The molecule has 1 unspecified atom stereocenters. The summed E-state index contributed by atoms with van der Waals surface area (Å²) in [7, 11) is -3.27. The van der Waals surface area contributed by atoms with Crippen molar-refractivity contribution in [3.8, 4) is 0 Å². The van der Waals surface area contributed by atoms with E-state index >= 15 is 0 Å². The molecule has 3 rings (SSSR count). The van der Waals surface area contributed by atoms with Gasteiger partial charge in [-0.1, -0.05) is 30.3 Å². The van der Waals surface area contributed by atoms with Gasteiger partial charge in [0.1, 0.15) is 19.2 Å². The Bertz CT molecular complexity index is 759. The Hall–Kier alpha value is -2.22. The zero-order valence-corrected chi connectivity index (χ0v) is 13.4. The standard InChI is InChI=1S/C15H18N4O3S/c20-15(10-19-12-16-11-17-19)18-7-6-14(23(21,22)9-8-18)13-4-2-1-3-5-13/h1-5,11-12,14H,6-10H2. The van der Waals surface area contributed by atoms with E-state index in [4.69, 9.17) is 0 Å². The second kappa shape index (κ2) is 6.49. The Morgan fingerprint density at radius 3 is 2.70 bits per heavy atom. The first-order valence-electron chi connectivity index (χ1n) is 7.43. The number of amides is 1. The molecule has 122 valence electrons. The van der Waals surface area contributed by atoms with Gasteiger partial charge in [0.05, 0.1) is 11.0 Å². The molecule has 2 aromatic rings. The van der Waals surface area contributed by atoms with Crippen LogP contribution in [0, 0.1) is 0 Å². The van der Waals surface area contributed by atoms with E-state index in [0.717, 1.165) is 5.56 Å². The average Bonchev–Trinajstić information content (AvgIpc) is 2.98. The minimum Gasteiger partial charge on any atom is -0.340 e. The third-order valence-electron chi connectivity index (χ3n) is 4.03. The molecule has 0 aliphatic carbocycles. The summed E-state index contributed by atoms with van der Waals surface area (Å²) in [5.41, 5.74) is 0.790. The molecule has 0 spiro atoms. The van der Waals surface area contributed by atoms with Gasteiger partial charge in [-0.2, -0.15) is 5.10 Å². The second-order valence-electron chi connectivity index (χ2n) is 5.53. The summed E-state index contributed by atoms with van der Waals surface area (Å²) in [4.78, 5) is 17.7. The van der Waals surface area contributed by atoms with Crippen molar-refractivity contribution in [3.05, 3.63) is 48.5 Å². The Morgan fingerprint density at radius 2 is 2.00 bits per heavy atom. The van der Waals surface area contributed by atoms with Crippen LogP contribution in [0.4, 0.5) is 0 Å². The SMILES string of the molecule is O=C(Cn1cncn1)N1CCC(c2ccccc2)S(=O)(=O)CC1. The Kier molecular flexibility index (Phi) is 4.42. The smallest absolute Gasteiger partial charge is 0.244 e. The molecule has 1 aliphatic heterocycles. The van der Waals surface area contributed by atoms with Crippen molar-refractivity contribution in [2.24, 2.45) is 0 Å². The maximum absolute atomic E-state index is 12.5. The van der Waals surface area contributed by atoms with Crippen molar-refractivity contribution < 1.29 is 13.2 Å². The molecule has 0 saturated carbocycles.